The van der Waals surface area contributed by atoms with Crippen LogP contribution in [0.15, 0.2) is 109 Å². The third-order valence-electron chi connectivity index (χ3n) is 8.83. The van der Waals surface area contributed by atoms with Gasteiger partial charge in [0.1, 0.15) is 0 Å². The Hall–Kier alpha value is -1.89. The van der Waals surface area contributed by atoms with E-state index in [4.69, 9.17) is 9.41 Å². The molecule has 0 radical (unpaired) electrons. The molecule has 5 aromatic rings. The second kappa shape index (κ2) is 11.7. The second-order valence-corrected chi connectivity index (χ2v) is 29.3. The number of halogens is 1. The summed E-state index contributed by atoms with van der Waals surface area (Å²) in [6, 6.07) is 40.5. The molecule has 0 aliphatic heterocycles. The summed E-state index contributed by atoms with van der Waals surface area (Å²) in [5.41, 5.74) is 2.32. The van der Waals surface area contributed by atoms with Crippen LogP contribution >= 0.6 is 37.6 Å². The zero-order valence-corrected chi connectivity index (χ0v) is 29.8. The Labute approximate surface area is 264 Å². The molecule has 0 aliphatic rings. The van der Waals surface area contributed by atoms with Gasteiger partial charge in [-0.25, -0.2) is 0 Å². The van der Waals surface area contributed by atoms with Gasteiger partial charge < -0.3 is 0 Å². The predicted octanol–water partition coefficient (Wildman–Crippen LogP) is 9.94. The van der Waals surface area contributed by atoms with E-state index < -0.39 is 12.6 Å². The van der Waals surface area contributed by atoms with Gasteiger partial charge in [-0.05, 0) is 0 Å². The van der Waals surface area contributed by atoms with Crippen LogP contribution in [0, 0.1) is 6.92 Å². The number of nitrogens with zero attached hydrogens (tertiary/aromatic N) is 1. The number of hydrogen-bond donors (Lipinski definition) is 0. The second-order valence-electron chi connectivity index (χ2n) is 12.5. The minimum absolute atomic E-state index is 0.0188. The number of fused-ring (bicyclic) bond motifs is 1. The molecule has 1 atom stereocenters. The summed E-state index contributed by atoms with van der Waals surface area (Å²) in [5, 5.41) is 5.45. The fraction of sp³-hybridized carbons (Fsp3) is 0.286. The summed E-state index contributed by atoms with van der Waals surface area (Å²) < 4.78 is 5.64. The van der Waals surface area contributed by atoms with Gasteiger partial charge in [-0.15, -0.1) is 0 Å². The first kappa shape index (κ1) is 30.6. The fourth-order valence-electron chi connectivity index (χ4n) is 5.50. The molecule has 5 rings (SSSR count). The van der Waals surface area contributed by atoms with Crippen LogP contribution in [0.25, 0.3) is 10.2 Å². The maximum absolute atomic E-state index is 7.32. The average molecular weight is 710 g/mol. The van der Waals surface area contributed by atoms with Crippen LogP contribution in [0.4, 0.5) is 0 Å². The number of benzene rings is 4. The summed E-state index contributed by atoms with van der Waals surface area (Å²) in [6.45, 7) is 13.8. The molecule has 0 unspecified atom stereocenters. The number of thiazole rings is 1. The Morgan fingerprint density at radius 3 is 1.76 bits per heavy atom. The van der Waals surface area contributed by atoms with Crippen molar-refractivity contribution < 1.29 is 4.43 Å². The van der Waals surface area contributed by atoms with Gasteiger partial charge in [0, 0.05) is 0 Å². The molecule has 0 spiro atoms. The Bertz CT molecular complexity index is 1520. The predicted molar refractivity (Wildman–Crippen MR) is 194 cm³/mol. The molecule has 4 aromatic carbocycles. The van der Waals surface area contributed by atoms with Crippen molar-refractivity contribution in [1.29, 1.82) is 0 Å². The molecule has 0 fully saturated rings. The molecule has 1 heterocycles. The van der Waals surface area contributed by atoms with E-state index in [2.05, 4.69) is 172 Å². The maximum atomic E-state index is 7.32. The Morgan fingerprint density at radius 1 is 0.805 bits per heavy atom. The summed E-state index contributed by atoms with van der Waals surface area (Å²) >= 11 is 4.67. The van der Waals surface area contributed by atoms with Crippen LogP contribution < -0.4 is 15.9 Å². The van der Waals surface area contributed by atoms with Crippen molar-refractivity contribution in [2.45, 2.75) is 58.4 Å². The SMILES string of the molecule is Cc1nc2cc([C@H](CCP(I)(c3ccccc3)(c3ccccc3)c3ccccc3)O[Si](C)(C)C(C)(C)C)ccc2s1. The van der Waals surface area contributed by atoms with E-state index >= 15 is 0 Å². The quantitative estimate of drug-likeness (QED) is 0.0864. The van der Waals surface area contributed by atoms with Crippen LogP contribution in [-0.2, 0) is 4.43 Å². The molecule has 41 heavy (non-hydrogen) atoms. The molecule has 6 heteroatoms. The number of hydrogen-bond acceptors (Lipinski definition) is 3. The molecule has 0 aliphatic carbocycles. The van der Waals surface area contributed by atoms with Crippen molar-refractivity contribution >= 4 is 72.1 Å². The van der Waals surface area contributed by atoms with Crippen molar-refractivity contribution in [1.82, 2.24) is 4.98 Å². The van der Waals surface area contributed by atoms with Gasteiger partial charge in [0.25, 0.3) is 0 Å². The normalized spacial score (nSPS) is 14.5. The van der Waals surface area contributed by atoms with E-state index in [1.54, 1.807) is 11.3 Å². The van der Waals surface area contributed by atoms with Gasteiger partial charge in [0.05, 0.1) is 0 Å². The van der Waals surface area contributed by atoms with Crippen LogP contribution in [0.5, 0.6) is 0 Å². The standard InChI is InChI=1S/C35H41INOPSSi/c1-27-37-32-26-28(22-23-34(32)40-27)33(38-41(5,6)35(2,3)4)24-25-39(36,29-16-10-7-11-17-29,30-18-12-8-13-19-30)31-20-14-9-15-21-31/h7-23,26,33H,24-25H2,1-6H3/t33-/m0/s1. The van der Waals surface area contributed by atoms with E-state index in [0.29, 0.717) is 0 Å². The molecule has 0 saturated heterocycles. The zero-order valence-electron chi connectivity index (χ0n) is 25.0. The summed E-state index contributed by atoms with van der Waals surface area (Å²) in [6.07, 6.45) is 1.90. The Kier molecular flexibility index (Phi) is 8.68. The molecule has 2 nitrogen and oxygen atoms in total. The van der Waals surface area contributed by atoms with Crippen LogP contribution in [0.2, 0.25) is 18.1 Å². The van der Waals surface area contributed by atoms with Gasteiger partial charge in [0.15, 0.2) is 0 Å². The van der Waals surface area contributed by atoms with Crippen molar-refractivity contribution in [3.8, 4) is 0 Å². The van der Waals surface area contributed by atoms with Crippen LogP contribution in [0.1, 0.15) is 43.9 Å². The third-order valence-corrected chi connectivity index (χ3v) is 25.9. The van der Waals surface area contributed by atoms with E-state index in [1.165, 1.54) is 26.2 Å². The molecule has 1 aromatic heterocycles. The van der Waals surface area contributed by atoms with Gasteiger partial charge >= 0.3 is 266 Å². The zero-order chi connectivity index (χ0) is 29.3. The van der Waals surface area contributed by atoms with Gasteiger partial charge in [-0.3, -0.25) is 0 Å². The summed E-state index contributed by atoms with van der Waals surface area (Å²) in [4.78, 5) is 4.85. The van der Waals surface area contributed by atoms with Crippen molar-refractivity contribution in [2.75, 3.05) is 6.16 Å². The first-order chi connectivity index (χ1) is 19.4. The topological polar surface area (TPSA) is 22.1 Å². The van der Waals surface area contributed by atoms with E-state index in [-0.39, 0.29) is 11.1 Å². The van der Waals surface area contributed by atoms with Crippen LogP contribution in [0.3, 0.4) is 0 Å². The van der Waals surface area contributed by atoms with Gasteiger partial charge in [-0.2, -0.15) is 0 Å². The van der Waals surface area contributed by atoms with E-state index in [1.807, 2.05) is 0 Å². The fourth-order valence-corrected chi connectivity index (χ4v) is 16.1. The first-order valence-corrected chi connectivity index (χ1v) is 23.3. The molecule has 0 amide bonds. The van der Waals surface area contributed by atoms with E-state index in [0.717, 1.165) is 23.1 Å². The third kappa shape index (κ3) is 5.86. The molecule has 0 N–H and O–H groups in total. The monoisotopic (exact) mass is 709 g/mol. The molecule has 0 bridgehead atoms. The van der Waals surface area contributed by atoms with Crippen molar-refractivity contribution in [3.05, 3.63) is 120 Å². The van der Waals surface area contributed by atoms with Gasteiger partial charge in [0.2, 0.25) is 0 Å². The number of aryl methyl sites for hydroxylation is 1. The molecule has 214 valence electrons. The van der Waals surface area contributed by atoms with E-state index in [9.17, 15) is 0 Å². The summed E-state index contributed by atoms with van der Waals surface area (Å²) in [7, 11) is -2.08. The van der Waals surface area contributed by atoms with Crippen molar-refractivity contribution in [3.63, 3.8) is 0 Å². The molecule has 0 saturated carbocycles. The van der Waals surface area contributed by atoms with Crippen molar-refractivity contribution in [2.24, 2.45) is 0 Å². The van der Waals surface area contributed by atoms with Crippen LogP contribution in [-0.4, -0.2) is 19.5 Å². The van der Waals surface area contributed by atoms with Gasteiger partial charge in [-0.1, -0.05) is 0 Å². The Morgan fingerprint density at radius 2 is 1.29 bits per heavy atom. The molecular weight excluding hydrogens is 668 g/mol. The molecular formula is C35H41INOPSSi. The number of aromatic nitrogens is 1. The summed E-state index contributed by atoms with van der Waals surface area (Å²) in [5.74, 6) is 0. The Balaban J connectivity index is 1.68. The number of rotatable bonds is 9. The first-order valence-electron chi connectivity index (χ1n) is 14.4. The average Bonchev–Trinajstić information content (AvgIpc) is 3.35. The minimum atomic E-state index is -2.92.